The Morgan fingerprint density at radius 1 is 0.444 bits per heavy atom. The van der Waals surface area contributed by atoms with Crippen molar-refractivity contribution in [1.82, 2.24) is 14.1 Å². The summed E-state index contributed by atoms with van der Waals surface area (Å²) in [5.74, 6) is 0.790. The highest BCUT2D eigenvalue weighted by Crippen LogP contribution is 2.40. The Morgan fingerprint density at radius 2 is 1.05 bits per heavy atom. The van der Waals surface area contributed by atoms with Crippen LogP contribution in [0, 0.1) is 12.1 Å². The average molecular weight is 800 g/mol. The molecule has 4 heteroatoms. The summed E-state index contributed by atoms with van der Waals surface area (Å²) in [5, 5.41) is 7.08. The smallest absolute Gasteiger partial charge is 0.139 e. The molecule has 4 aromatic heterocycles. The van der Waals surface area contributed by atoms with Gasteiger partial charge in [0.05, 0.1) is 43.6 Å². The molecule has 4 nitrogen and oxygen atoms in total. The predicted octanol–water partition coefficient (Wildman–Crippen LogP) is 13.2. The maximum atomic E-state index is 6.30. The molecule has 0 saturated carbocycles. The third-order valence-electron chi connectivity index (χ3n) is 12.3. The number of benzene rings is 7. The molecule has 12 aromatic rings. The van der Waals surface area contributed by atoms with E-state index in [0.717, 1.165) is 121 Å². The van der Waals surface area contributed by atoms with Crippen LogP contribution in [0.3, 0.4) is 0 Å². The zero-order chi connectivity index (χ0) is 41.4. The summed E-state index contributed by atoms with van der Waals surface area (Å²) in [4.78, 5) is 5.65. The van der Waals surface area contributed by atoms with E-state index in [1.165, 1.54) is 0 Å². The fourth-order valence-electron chi connectivity index (χ4n) is 9.47. The Hall–Kier alpha value is -8.83. The van der Waals surface area contributed by atoms with Gasteiger partial charge in [-0.3, -0.25) is 4.57 Å². The molecule has 0 radical (unpaired) electrons. The molecular formula is C59H33N3O. The second kappa shape index (κ2) is 13.9. The summed E-state index contributed by atoms with van der Waals surface area (Å²) >= 11 is 0. The molecule has 0 unspecified atom stereocenters. The Labute approximate surface area is 362 Å². The van der Waals surface area contributed by atoms with Crippen LogP contribution in [0.2, 0.25) is 0 Å². The zero-order valence-corrected chi connectivity index (χ0v) is 33.8. The van der Waals surface area contributed by atoms with Gasteiger partial charge < -0.3 is 8.98 Å². The van der Waals surface area contributed by atoms with E-state index in [4.69, 9.17) is 9.40 Å². The van der Waals surface area contributed by atoms with Crippen LogP contribution in [-0.2, 0) is 0 Å². The summed E-state index contributed by atoms with van der Waals surface area (Å²) < 4.78 is 11.0. The summed E-state index contributed by atoms with van der Waals surface area (Å²) in [6.07, 6.45) is 4.05. The van der Waals surface area contributed by atoms with Crippen molar-refractivity contribution in [2.45, 2.75) is 0 Å². The number of allylic oxidation sites excluding steroid dienone is 1. The molecule has 1 aliphatic rings. The normalized spacial score (nSPS) is 11.9. The van der Waals surface area contributed by atoms with Crippen LogP contribution in [0.4, 0.5) is 0 Å². The molecule has 1 aliphatic carbocycles. The average Bonchev–Trinajstić information content (AvgIpc) is 4.02. The highest BCUT2D eigenvalue weighted by atomic mass is 16.3. The lowest BCUT2D eigenvalue weighted by Gasteiger charge is -2.16. The molecule has 290 valence electrons. The first-order chi connectivity index (χ1) is 31.2. The van der Waals surface area contributed by atoms with Crippen molar-refractivity contribution in [3.8, 4) is 56.1 Å². The first-order valence-corrected chi connectivity index (χ1v) is 21.1. The van der Waals surface area contributed by atoms with E-state index in [1.54, 1.807) is 0 Å². The summed E-state index contributed by atoms with van der Waals surface area (Å²) in [7, 11) is 0. The number of pyridine rings is 1. The number of hydrogen-bond acceptors (Lipinski definition) is 2. The highest BCUT2D eigenvalue weighted by Gasteiger charge is 2.22. The van der Waals surface area contributed by atoms with Crippen molar-refractivity contribution in [1.29, 1.82) is 0 Å². The molecule has 8 aromatic carbocycles. The maximum absolute atomic E-state index is 6.30. The third kappa shape index (κ3) is 5.56. The van der Waals surface area contributed by atoms with Gasteiger partial charge in [0, 0.05) is 27.4 Å². The fraction of sp³-hybridized carbons (Fsp3) is 0. The van der Waals surface area contributed by atoms with Crippen LogP contribution in [-0.4, -0.2) is 14.1 Å². The summed E-state index contributed by atoms with van der Waals surface area (Å²) in [6, 6.07) is 73.6. The van der Waals surface area contributed by atoms with Crippen LogP contribution in [0.15, 0.2) is 204 Å². The van der Waals surface area contributed by atoms with Crippen LogP contribution in [0.5, 0.6) is 0 Å². The molecule has 0 N–H and O–H groups in total. The van der Waals surface area contributed by atoms with E-state index in [0.29, 0.717) is 0 Å². The number of aromatic nitrogens is 3. The lowest BCUT2D eigenvalue weighted by atomic mass is 9.93. The molecule has 63 heavy (non-hydrogen) atoms. The molecular weight excluding hydrogens is 767 g/mol. The molecule has 4 heterocycles. The van der Waals surface area contributed by atoms with E-state index in [2.05, 4.69) is 215 Å². The van der Waals surface area contributed by atoms with Gasteiger partial charge >= 0.3 is 0 Å². The second-order valence-electron chi connectivity index (χ2n) is 16.0. The van der Waals surface area contributed by atoms with Gasteiger partial charge in [-0.25, -0.2) is 4.98 Å². The fourth-order valence-corrected chi connectivity index (χ4v) is 9.47. The van der Waals surface area contributed by atoms with Crippen LogP contribution >= 0.6 is 0 Å². The number of fused-ring (bicyclic) bond motifs is 10. The number of hydrogen-bond donors (Lipinski definition) is 0. The predicted molar refractivity (Wildman–Crippen MR) is 257 cm³/mol. The van der Waals surface area contributed by atoms with Crippen molar-refractivity contribution in [2.24, 2.45) is 0 Å². The first kappa shape index (κ1) is 35.0. The van der Waals surface area contributed by atoms with E-state index >= 15 is 0 Å². The van der Waals surface area contributed by atoms with E-state index in [9.17, 15) is 0 Å². The van der Waals surface area contributed by atoms with Crippen molar-refractivity contribution >= 4 is 66.5 Å². The minimum atomic E-state index is 0.790. The Morgan fingerprint density at radius 3 is 1.81 bits per heavy atom. The van der Waals surface area contributed by atoms with Crippen LogP contribution in [0.25, 0.3) is 123 Å². The quantitative estimate of drug-likeness (QED) is 0.157. The Balaban J connectivity index is 1.16. The molecule has 0 spiro atoms. The SMILES string of the molecule is C1=C=c2c(n(-c3ccccc3)c3c2c#cc2c4ccccc4n(-c4cc(-c5cc(-c6ccccc6)cc(-c6ccccc6)c5)cc(-c5ccc6oc7ccccc7c6c5)n4)c23)=CC=1. The lowest BCUT2D eigenvalue weighted by molar-refractivity contribution is 0.669. The van der Waals surface area contributed by atoms with E-state index < -0.39 is 0 Å². The topological polar surface area (TPSA) is 35.9 Å². The van der Waals surface area contributed by atoms with Gasteiger partial charge in [0.1, 0.15) is 17.0 Å². The number of rotatable bonds is 6. The zero-order valence-electron chi connectivity index (χ0n) is 33.8. The van der Waals surface area contributed by atoms with Crippen molar-refractivity contribution in [3.05, 3.63) is 223 Å². The van der Waals surface area contributed by atoms with Crippen molar-refractivity contribution in [2.75, 3.05) is 0 Å². The molecule has 0 bridgehead atoms. The van der Waals surface area contributed by atoms with Gasteiger partial charge in [-0.05, 0) is 118 Å². The maximum Gasteiger partial charge on any atom is 0.139 e. The number of furan rings is 1. The van der Waals surface area contributed by atoms with Gasteiger partial charge in [0.15, 0.2) is 0 Å². The molecule has 0 atom stereocenters. The molecule has 0 fully saturated rings. The Bertz CT molecular complexity index is 3970. The van der Waals surface area contributed by atoms with Crippen molar-refractivity contribution < 1.29 is 4.42 Å². The molecule has 0 saturated heterocycles. The highest BCUT2D eigenvalue weighted by molar-refractivity contribution is 6.17. The molecule has 0 aliphatic heterocycles. The minimum absolute atomic E-state index is 0.790. The minimum Gasteiger partial charge on any atom is -0.456 e. The van der Waals surface area contributed by atoms with Crippen molar-refractivity contribution in [3.63, 3.8) is 0 Å². The van der Waals surface area contributed by atoms with Gasteiger partial charge in [-0.1, -0.05) is 139 Å². The second-order valence-corrected chi connectivity index (χ2v) is 16.0. The van der Waals surface area contributed by atoms with Crippen LogP contribution in [0.1, 0.15) is 0 Å². The molecule has 0 amide bonds. The van der Waals surface area contributed by atoms with Gasteiger partial charge in [-0.15, -0.1) is 0 Å². The summed E-state index contributed by atoms with van der Waals surface area (Å²) in [6.45, 7) is 0. The standard InChI is InChI=1S/C59H33N3O/c1-4-16-38(17-5-1)41-32-42(39-18-6-2-7-19-39)34-43(33-41)44-36-52(40-28-31-56-51(35-40)48-24-12-15-27-55(48)63-56)60-57(37-44)62-54-26-14-11-23-47(54)50-30-29-49-46-22-10-13-25-53(46)61(58(49)59(50)62)45-20-8-3-9-21-45/h1-9,11-21,23-28,31-37H. The first-order valence-electron chi connectivity index (χ1n) is 21.1. The summed E-state index contributed by atoms with van der Waals surface area (Å²) in [5.41, 5.74) is 21.0. The third-order valence-corrected chi connectivity index (χ3v) is 12.3. The monoisotopic (exact) mass is 799 g/mol. The van der Waals surface area contributed by atoms with Crippen LogP contribution < -0.4 is 10.6 Å². The van der Waals surface area contributed by atoms with E-state index in [1.807, 2.05) is 18.2 Å². The number of nitrogens with zero attached hydrogens (tertiary/aromatic N) is 3. The van der Waals surface area contributed by atoms with E-state index in [-0.39, 0.29) is 0 Å². The molecule has 13 rings (SSSR count). The van der Waals surface area contributed by atoms with Gasteiger partial charge in [0.25, 0.3) is 0 Å². The number of para-hydroxylation sites is 3. The van der Waals surface area contributed by atoms with Gasteiger partial charge in [-0.2, -0.15) is 0 Å². The largest absolute Gasteiger partial charge is 0.456 e. The lowest BCUT2D eigenvalue weighted by Crippen LogP contribution is -2.28. The van der Waals surface area contributed by atoms with Gasteiger partial charge in [0.2, 0.25) is 0 Å². The Kier molecular flexibility index (Phi) is 7.70.